The van der Waals surface area contributed by atoms with Gasteiger partial charge in [0.25, 0.3) is 5.91 Å². The van der Waals surface area contributed by atoms with E-state index in [2.05, 4.69) is 41.7 Å². The summed E-state index contributed by atoms with van der Waals surface area (Å²) in [4.78, 5) is 70.0. The van der Waals surface area contributed by atoms with E-state index in [9.17, 15) is 32.4 Å². The molecule has 5 amide bonds. The highest BCUT2D eigenvalue weighted by molar-refractivity contribution is 7.92. The Balaban J connectivity index is 1.92. The number of sulfone groups is 1. The quantitative estimate of drug-likeness (QED) is 0.150. The average molecular weight is 736 g/mol. The summed E-state index contributed by atoms with van der Waals surface area (Å²) >= 11 is 0. The molecule has 3 fully saturated rings. The lowest BCUT2D eigenvalue weighted by Crippen LogP contribution is -2.65. The van der Waals surface area contributed by atoms with E-state index in [1.807, 2.05) is 13.8 Å². The Morgan fingerprint density at radius 2 is 1.57 bits per heavy atom. The maximum Gasteiger partial charge on any atom is 0.315 e. The molecule has 290 valence electrons. The number of nitrogens with one attached hydrogen (secondary N) is 4. The molecule has 4 N–H and O–H groups in total. The second-order valence-corrected chi connectivity index (χ2v) is 19.7. The fraction of sp³-hybridized carbons (Fsp3) is 0.816. The highest BCUT2D eigenvalue weighted by Gasteiger charge is 2.48. The van der Waals surface area contributed by atoms with Crippen molar-refractivity contribution < 1.29 is 32.4 Å². The Hall–Kier alpha value is -2.96. The molecule has 2 aliphatic carbocycles. The molecule has 51 heavy (non-hydrogen) atoms. The highest BCUT2D eigenvalue weighted by atomic mass is 32.2. The van der Waals surface area contributed by atoms with Crippen LogP contribution in [0.5, 0.6) is 0 Å². The Labute approximate surface area is 306 Å². The standard InChI is InChI=1S/C38H65N5O7S/c1-9-17-28(31(44)33(46)39-22-10-2)40-32(45)29-23-37(7,8)26(3)24-43(29)34(47)30(27-18-13-11-14-19-27)41-35(48)42-38(20-15-12-16-21-38)25-51(49,50)36(4,5)6/h10,26-30H,2,9,11-25H2,1,3-8H3,(H,39,46)(H,40,45)(H2,41,42,48)/t26?,28?,29-,30-/m0/s1. The first kappa shape index (κ1) is 42.5. The molecule has 3 rings (SSSR count). The average Bonchev–Trinajstić information content (AvgIpc) is 3.06. The number of likely N-dealkylation sites (tertiary alicyclic amines) is 1. The molecule has 0 radical (unpaired) electrons. The van der Waals surface area contributed by atoms with Crippen LogP contribution in [0.1, 0.15) is 132 Å². The number of hydrogen-bond acceptors (Lipinski definition) is 7. The molecular formula is C38H65N5O7S. The SMILES string of the molecule is C=CCNC(=O)C(=O)C(CCC)NC(=O)[C@@H]1CC(C)(C)C(C)CN1C(=O)[C@@H](NC(=O)NC1(CS(=O)(=O)C(C)(C)C)CCCCC1)C1CCCCC1. The zero-order valence-electron chi connectivity index (χ0n) is 32.2. The Morgan fingerprint density at radius 3 is 2.14 bits per heavy atom. The van der Waals surface area contributed by atoms with Crippen LogP contribution in [0, 0.1) is 17.3 Å². The molecule has 0 bridgehead atoms. The van der Waals surface area contributed by atoms with Gasteiger partial charge in [-0.05, 0) is 76.5 Å². The van der Waals surface area contributed by atoms with Crippen molar-refractivity contribution in [2.75, 3.05) is 18.8 Å². The van der Waals surface area contributed by atoms with Gasteiger partial charge in [0.1, 0.15) is 12.1 Å². The molecule has 0 aromatic heterocycles. The summed E-state index contributed by atoms with van der Waals surface area (Å²) in [6.07, 6.45) is 10.5. The van der Waals surface area contributed by atoms with Gasteiger partial charge in [0.2, 0.25) is 17.6 Å². The van der Waals surface area contributed by atoms with Crippen LogP contribution < -0.4 is 21.3 Å². The van der Waals surface area contributed by atoms with Gasteiger partial charge in [-0.2, -0.15) is 0 Å². The maximum absolute atomic E-state index is 14.8. The van der Waals surface area contributed by atoms with Gasteiger partial charge >= 0.3 is 6.03 Å². The number of rotatable bonds is 14. The van der Waals surface area contributed by atoms with Crippen LogP contribution in [0.25, 0.3) is 0 Å². The van der Waals surface area contributed by atoms with E-state index >= 15 is 0 Å². The van der Waals surface area contributed by atoms with E-state index in [1.165, 1.54) is 6.08 Å². The first-order valence-corrected chi connectivity index (χ1v) is 20.8. The maximum atomic E-state index is 14.8. The zero-order chi connectivity index (χ0) is 38.2. The molecule has 0 aromatic rings. The van der Waals surface area contributed by atoms with Crippen molar-refractivity contribution in [3.63, 3.8) is 0 Å². The number of amides is 5. The molecule has 1 heterocycles. The Bertz CT molecular complexity index is 1380. The van der Waals surface area contributed by atoms with Crippen LogP contribution in [0.15, 0.2) is 12.7 Å². The monoisotopic (exact) mass is 735 g/mol. The summed E-state index contributed by atoms with van der Waals surface area (Å²) in [5.74, 6) is -2.74. The highest BCUT2D eigenvalue weighted by Crippen LogP contribution is 2.40. The number of Topliss-reactive ketones (excluding diaryl/α,β-unsaturated/α-hetero) is 1. The fourth-order valence-electron chi connectivity index (χ4n) is 7.75. The zero-order valence-corrected chi connectivity index (χ0v) is 33.0. The van der Waals surface area contributed by atoms with Crippen molar-refractivity contribution in [1.29, 1.82) is 0 Å². The molecule has 4 atom stereocenters. The van der Waals surface area contributed by atoms with Crippen LogP contribution >= 0.6 is 0 Å². The lowest BCUT2D eigenvalue weighted by atomic mass is 9.71. The second-order valence-electron chi connectivity index (χ2n) is 17.0. The topological polar surface area (TPSA) is 171 Å². The number of ketones is 1. The number of urea groups is 1. The second kappa shape index (κ2) is 17.7. The van der Waals surface area contributed by atoms with E-state index in [1.54, 1.807) is 25.7 Å². The molecule has 2 saturated carbocycles. The minimum atomic E-state index is -3.56. The summed E-state index contributed by atoms with van der Waals surface area (Å²) < 4.78 is 25.8. The molecule has 2 unspecified atom stereocenters. The minimum absolute atomic E-state index is 0.0252. The van der Waals surface area contributed by atoms with Crippen molar-refractivity contribution in [1.82, 2.24) is 26.2 Å². The molecule has 0 spiro atoms. The van der Waals surface area contributed by atoms with Gasteiger partial charge in [0.05, 0.1) is 22.1 Å². The van der Waals surface area contributed by atoms with Gasteiger partial charge in [-0.15, -0.1) is 6.58 Å². The van der Waals surface area contributed by atoms with Crippen molar-refractivity contribution in [3.05, 3.63) is 12.7 Å². The summed E-state index contributed by atoms with van der Waals surface area (Å²) in [7, 11) is -3.56. The van der Waals surface area contributed by atoms with E-state index < -0.39 is 61.9 Å². The van der Waals surface area contributed by atoms with Crippen molar-refractivity contribution in [2.24, 2.45) is 17.3 Å². The third-order valence-electron chi connectivity index (χ3n) is 11.6. The molecule has 1 aliphatic heterocycles. The molecule has 1 saturated heterocycles. The van der Waals surface area contributed by atoms with E-state index in [0.717, 1.165) is 51.4 Å². The predicted octanol–water partition coefficient (Wildman–Crippen LogP) is 4.57. The Kier molecular flexibility index (Phi) is 14.7. The smallest absolute Gasteiger partial charge is 0.315 e. The number of piperidine rings is 1. The van der Waals surface area contributed by atoms with E-state index in [4.69, 9.17) is 0 Å². The normalized spacial score (nSPS) is 23.6. The van der Waals surface area contributed by atoms with Gasteiger partial charge in [-0.1, -0.05) is 78.7 Å². The molecule has 12 nitrogen and oxygen atoms in total. The lowest BCUT2D eigenvalue weighted by Gasteiger charge is -2.48. The summed E-state index contributed by atoms with van der Waals surface area (Å²) in [5, 5.41) is 11.4. The number of carbonyl (C=O) groups is 5. The summed E-state index contributed by atoms with van der Waals surface area (Å²) in [6.45, 7) is 17.0. The van der Waals surface area contributed by atoms with Gasteiger partial charge in [0.15, 0.2) is 9.84 Å². The van der Waals surface area contributed by atoms with Crippen molar-refractivity contribution >= 4 is 39.4 Å². The van der Waals surface area contributed by atoms with Crippen LogP contribution in [0.4, 0.5) is 4.79 Å². The van der Waals surface area contributed by atoms with Crippen molar-refractivity contribution in [2.45, 2.75) is 160 Å². The van der Waals surface area contributed by atoms with Gasteiger partial charge < -0.3 is 26.2 Å². The lowest BCUT2D eigenvalue weighted by molar-refractivity contribution is -0.150. The number of hydrogen-bond donors (Lipinski definition) is 4. The molecule has 3 aliphatic rings. The summed E-state index contributed by atoms with van der Waals surface area (Å²) in [5.41, 5.74) is -1.26. The largest absolute Gasteiger partial charge is 0.346 e. The van der Waals surface area contributed by atoms with Crippen LogP contribution in [-0.2, 0) is 29.0 Å². The minimum Gasteiger partial charge on any atom is -0.346 e. The fourth-order valence-corrected chi connectivity index (χ4v) is 9.27. The summed E-state index contributed by atoms with van der Waals surface area (Å²) in [6, 6.07) is -3.48. The van der Waals surface area contributed by atoms with Gasteiger partial charge in [-0.3, -0.25) is 19.2 Å². The first-order valence-electron chi connectivity index (χ1n) is 19.1. The van der Waals surface area contributed by atoms with Gasteiger partial charge in [-0.25, -0.2) is 13.2 Å². The third-order valence-corrected chi connectivity index (χ3v) is 14.4. The Morgan fingerprint density at radius 1 is 0.961 bits per heavy atom. The van der Waals surface area contributed by atoms with Gasteiger partial charge in [0, 0.05) is 13.1 Å². The molecular weight excluding hydrogens is 671 g/mol. The third kappa shape index (κ3) is 11.0. The van der Waals surface area contributed by atoms with Crippen molar-refractivity contribution in [3.8, 4) is 0 Å². The van der Waals surface area contributed by atoms with Crippen LogP contribution in [0.3, 0.4) is 0 Å². The van der Waals surface area contributed by atoms with Crippen LogP contribution in [-0.4, -0.2) is 90.1 Å². The van der Waals surface area contributed by atoms with E-state index in [0.29, 0.717) is 25.7 Å². The predicted molar refractivity (Wildman–Crippen MR) is 200 cm³/mol. The van der Waals surface area contributed by atoms with E-state index in [-0.39, 0.29) is 48.4 Å². The first-order chi connectivity index (χ1) is 23.8. The molecule has 0 aromatic carbocycles. The number of nitrogens with zero attached hydrogens (tertiary/aromatic N) is 1. The molecule has 13 heteroatoms. The van der Waals surface area contributed by atoms with Crippen LogP contribution in [0.2, 0.25) is 0 Å². The number of carbonyl (C=O) groups excluding carboxylic acids is 5.